The lowest BCUT2D eigenvalue weighted by atomic mass is 9.90. The van der Waals surface area contributed by atoms with Gasteiger partial charge in [0.25, 0.3) is 0 Å². The molecule has 0 aromatic heterocycles. The van der Waals surface area contributed by atoms with Gasteiger partial charge < -0.3 is 5.11 Å². The second-order valence-electron chi connectivity index (χ2n) is 5.16. The van der Waals surface area contributed by atoms with Crippen LogP contribution in [-0.4, -0.2) is 34.7 Å². The van der Waals surface area contributed by atoms with Gasteiger partial charge >= 0.3 is 0 Å². The van der Waals surface area contributed by atoms with Gasteiger partial charge in [0, 0.05) is 12.1 Å². The predicted molar refractivity (Wildman–Crippen MR) is 58.2 cm³/mol. The van der Waals surface area contributed by atoms with Gasteiger partial charge in [-0.15, -0.1) is 0 Å². The Kier molecular flexibility index (Phi) is 3.13. The van der Waals surface area contributed by atoms with Crippen molar-refractivity contribution in [1.29, 1.82) is 0 Å². The summed E-state index contributed by atoms with van der Waals surface area (Å²) < 4.78 is 0. The van der Waals surface area contributed by atoms with Crippen LogP contribution in [0, 0.1) is 5.92 Å². The molecule has 2 unspecified atom stereocenters. The highest BCUT2D eigenvalue weighted by Gasteiger charge is 2.36. The number of hydrogen-bond acceptors (Lipinski definition) is 2. The molecule has 0 aromatic carbocycles. The van der Waals surface area contributed by atoms with Crippen LogP contribution in [0.4, 0.5) is 0 Å². The van der Waals surface area contributed by atoms with Gasteiger partial charge in [0.05, 0.1) is 6.10 Å². The van der Waals surface area contributed by atoms with Crippen LogP contribution in [0.3, 0.4) is 0 Å². The van der Waals surface area contributed by atoms with Crippen LogP contribution >= 0.6 is 0 Å². The van der Waals surface area contributed by atoms with E-state index in [1.165, 1.54) is 32.2 Å². The van der Waals surface area contributed by atoms with Gasteiger partial charge in [0.1, 0.15) is 0 Å². The summed E-state index contributed by atoms with van der Waals surface area (Å²) in [5.41, 5.74) is 0. The maximum absolute atomic E-state index is 9.90. The lowest BCUT2D eigenvalue weighted by Gasteiger charge is -2.42. The Morgan fingerprint density at radius 2 is 1.86 bits per heavy atom. The van der Waals surface area contributed by atoms with Crippen LogP contribution in [0.5, 0.6) is 0 Å². The van der Waals surface area contributed by atoms with Crippen molar-refractivity contribution in [1.82, 2.24) is 4.90 Å². The standard InChI is InChI=1S/C12H23NO/c1-9-5-4-8-13(10(9)2)11-6-3-7-12(11)14/h9-12,14H,3-8H2,1-2H3/t9?,10?,11-,12-/m1/s1. The summed E-state index contributed by atoms with van der Waals surface area (Å²) in [4.78, 5) is 2.56. The fraction of sp³-hybridized carbons (Fsp3) is 1.00. The first kappa shape index (κ1) is 10.4. The fourth-order valence-electron chi connectivity index (χ4n) is 3.14. The molecule has 1 saturated carbocycles. The van der Waals surface area contributed by atoms with E-state index in [2.05, 4.69) is 18.7 Å². The number of hydrogen-bond donors (Lipinski definition) is 1. The number of likely N-dealkylation sites (tertiary alicyclic amines) is 1. The van der Waals surface area contributed by atoms with Gasteiger partial charge in [-0.3, -0.25) is 4.90 Å². The molecule has 2 aliphatic rings. The molecule has 4 atom stereocenters. The summed E-state index contributed by atoms with van der Waals surface area (Å²) in [6, 6.07) is 1.13. The van der Waals surface area contributed by atoms with Crippen molar-refractivity contribution >= 4 is 0 Å². The third-order valence-electron chi connectivity index (χ3n) is 4.29. The van der Waals surface area contributed by atoms with Crippen molar-refractivity contribution in [2.45, 2.75) is 64.1 Å². The van der Waals surface area contributed by atoms with Gasteiger partial charge in [-0.05, 0) is 51.5 Å². The molecule has 1 N–H and O–H groups in total. The predicted octanol–water partition coefficient (Wildman–Crippen LogP) is 2.02. The average Bonchev–Trinajstić information content (AvgIpc) is 2.57. The number of aliphatic hydroxyl groups excluding tert-OH is 1. The van der Waals surface area contributed by atoms with E-state index in [0.29, 0.717) is 12.1 Å². The Morgan fingerprint density at radius 3 is 2.50 bits per heavy atom. The second kappa shape index (κ2) is 4.19. The molecule has 1 aliphatic heterocycles. The molecule has 2 fully saturated rings. The topological polar surface area (TPSA) is 23.5 Å². The molecule has 0 spiro atoms. The first-order valence-electron chi connectivity index (χ1n) is 6.14. The molecule has 2 rings (SSSR count). The van der Waals surface area contributed by atoms with Crippen LogP contribution < -0.4 is 0 Å². The Balaban J connectivity index is 2.01. The Labute approximate surface area is 87.3 Å². The summed E-state index contributed by atoms with van der Waals surface area (Å²) in [6.07, 6.45) is 6.06. The van der Waals surface area contributed by atoms with E-state index in [0.717, 1.165) is 12.3 Å². The van der Waals surface area contributed by atoms with Crippen molar-refractivity contribution in [2.24, 2.45) is 5.92 Å². The van der Waals surface area contributed by atoms with Crippen molar-refractivity contribution in [3.05, 3.63) is 0 Å². The number of aliphatic hydroxyl groups is 1. The summed E-state index contributed by atoms with van der Waals surface area (Å²) in [5.74, 6) is 0.802. The maximum atomic E-state index is 9.90. The van der Waals surface area contributed by atoms with Gasteiger partial charge in [0.15, 0.2) is 0 Å². The van der Waals surface area contributed by atoms with Crippen LogP contribution in [0.25, 0.3) is 0 Å². The molecule has 0 amide bonds. The molecule has 82 valence electrons. The third-order valence-corrected chi connectivity index (χ3v) is 4.29. The molecule has 2 heteroatoms. The zero-order valence-electron chi connectivity index (χ0n) is 9.45. The van der Waals surface area contributed by atoms with E-state index < -0.39 is 0 Å². The van der Waals surface area contributed by atoms with Crippen LogP contribution in [-0.2, 0) is 0 Å². The Hall–Kier alpha value is -0.0800. The molecule has 14 heavy (non-hydrogen) atoms. The van der Waals surface area contributed by atoms with Gasteiger partial charge in [-0.2, -0.15) is 0 Å². The molecule has 0 radical (unpaired) electrons. The highest BCUT2D eigenvalue weighted by molar-refractivity contribution is 4.90. The minimum atomic E-state index is -0.0530. The average molecular weight is 197 g/mol. The first-order valence-corrected chi connectivity index (χ1v) is 6.14. The summed E-state index contributed by atoms with van der Waals surface area (Å²) >= 11 is 0. The number of rotatable bonds is 1. The van der Waals surface area contributed by atoms with Gasteiger partial charge in [-0.1, -0.05) is 6.92 Å². The molecule has 0 bridgehead atoms. The van der Waals surface area contributed by atoms with Gasteiger partial charge in [0.2, 0.25) is 0 Å². The van der Waals surface area contributed by atoms with Crippen molar-refractivity contribution in [3.8, 4) is 0 Å². The van der Waals surface area contributed by atoms with Crippen molar-refractivity contribution < 1.29 is 5.11 Å². The third kappa shape index (κ3) is 1.82. The highest BCUT2D eigenvalue weighted by Crippen LogP contribution is 2.31. The van der Waals surface area contributed by atoms with Gasteiger partial charge in [-0.25, -0.2) is 0 Å². The lowest BCUT2D eigenvalue weighted by Crippen LogP contribution is -2.50. The molecule has 0 aromatic rings. The van der Waals surface area contributed by atoms with E-state index in [9.17, 15) is 5.11 Å². The molecular formula is C12H23NO. The Bertz CT molecular complexity index is 195. The second-order valence-corrected chi connectivity index (χ2v) is 5.16. The van der Waals surface area contributed by atoms with E-state index in [1.807, 2.05) is 0 Å². The van der Waals surface area contributed by atoms with Crippen LogP contribution in [0.1, 0.15) is 46.0 Å². The number of piperidine rings is 1. The summed E-state index contributed by atoms with van der Waals surface area (Å²) in [6.45, 7) is 5.88. The van der Waals surface area contributed by atoms with E-state index in [1.54, 1.807) is 0 Å². The van der Waals surface area contributed by atoms with Crippen molar-refractivity contribution in [2.75, 3.05) is 6.54 Å². The minimum Gasteiger partial charge on any atom is -0.391 e. The maximum Gasteiger partial charge on any atom is 0.0695 e. The zero-order chi connectivity index (χ0) is 10.1. The van der Waals surface area contributed by atoms with E-state index in [4.69, 9.17) is 0 Å². The highest BCUT2D eigenvalue weighted by atomic mass is 16.3. The molecule has 1 heterocycles. The first-order chi connectivity index (χ1) is 6.70. The van der Waals surface area contributed by atoms with E-state index in [-0.39, 0.29) is 6.10 Å². The molecule has 2 nitrogen and oxygen atoms in total. The van der Waals surface area contributed by atoms with Crippen LogP contribution in [0.15, 0.2) is 0 Å². The fourth-order valence-corrected chi connectivity index (χ4v) is 3.14. The normalized spacial score (nSPS) is 45.6. The summed E-state index contributed by atoms with van der Waals surface area (Å²) in [7, 11) is 0. The molecule has 1 saturated heterocycles. The van der Waals surface area contributed by atoms with Crippen LogP contribution in [0.2, 0.25) is 0 Å². The largest absolute Gasteiger partial charge is 0.391 e. The molecular weight excluding hydrogens is 174 g/mol. The van der Waals surface area contributed by atoms with E-state index >= 15 is 0 Å². The quantitative estimate of drug-likeness (QED) is 0.695. The SMILES string of the molecule is CC1CCCN([C@@H]2CCC[C@H]2O)C1C. The van der Waals surface area contributed by atoms with Crippen molar-refractivity contribution in [3.63, 3.8) is 0 Å². The zero-order valence-corrected chi connectivity index (χ0v) is 9.45. The lowest BCUT2D eigenvalue weighted by molar-refractivity contribution is 0.0114. The minimum absolute atomic E-state index is 0.0530. The Morgan fingerprint density at radius 1 is 1.07 bits per heavy atom. The number of nitrogens with zero attached hydrogens (tertiary/aromatic N) is 1. The monoisotopic (exact) mass is 197 g/mol. The molecule has 1 aliphatic carbocycles. The summed E-state index contributed by atoms with van der Waals surface area (Å²) in [5, 5.41) is 9.90. The smallest absolute Gasteiger partial charge is 0.0695 e.